The number of fused-ring (bicyclic) bond motifs is 1. The number of pyridine rings is 1. The van der Waals surface area contributed by atoms with E-state index in [9.17, 15) is 4.79 Å². The van der Waals surface area contributed by atoms with E-state index in [-0.39, 0.29) is 17.0 Å². The van der Waals surface area contributed by atoms with Crippen molar-refractivity contribution in [2.75, 3.05) is 12.4 Å². The molecule has 0 fully saturated rings. The highest BCUT2D eigenvalue weighted by molar-refractivity contribution is 6.31. The Kier molecular flexibility index (Phi) is 5.50. The van der Waals surface area contributed by atoms with Gasteiger partial charge in [0.1, 0.15) is 22.7 Å². The second kappa shape index (κ2) is 8.39. The molecule has 0 saturated heterocycles. The van der Waals surface area contributed by atoms with Crippen LogP contribution in [0.25, 0.3) is 11.0 Å². The van der Waals surface area contributed by atoms with Gasteiger partial charge in [-0.15, -0.1) is 0 Å². The summed E-state index contributed by atoms with van der Waals surface area (Å²) in [6, 6.07) is 17.7. The van der Waals surface area contributed by atoms with Crippen molar-refractivity contribution in [2.24, 2.45) is 4.99 Å². The van der Waals surface area contributed by atoms with Gasteiger partial charge < -0.3 is 14.5 Å². The summed E-state index contributed by atoms with van der Waals surface area (Å²) in [5.74, 6) is 0.763. The number of nitrogens with zero attached hydrogens (tertiary/aromatic N) is 2. The highest BCUT2D eigenvalue weighted by atomic mass is 35.5. The Morgan fingerprint density at radius 3 is 2.60 bits per heavy atom. The minimum absolute atomic E-state index is 0.180. The summed E-state index contributed by atoms with van der Waals surface area (Å²) in [7, 11) is 1.59. The van der Waals surface area contributed by atoms with Crippen LogP contribution in [-0.4, -0.2) is 18.0 Å². The zero-order chi connectivity index (χ0) is 21.1. The number of benzene rings is 2. The molecule has 150 valence electrons. The predicted molar refractivity (Wildman–Crippen MR) is 116 cm³/mol. The lowest BCUT2D eigenvalue weighted by Crippen LogP contribution is -2.22. The number of amides is 1. The van der Waals surface area contributed by atoms with E-state index in [4.69, 9.17) is 20.8 Å². The van der Waals surface area contributed by atoms with Gasteiger partial charge in [0.15, 0.2) is 0 Å². The van der Waals surface area contributed by atoms with Gasteiger partial charge in [-0.05, 0) is 67.1 Å². The molecule has 0 bridgehead atoms. The molecule has 0 saturated carbocycles. The van der Waals surface area contributed by atoms with Crippen LogP contribution in [0.5, 0.6) is 5.75 Å². The molecule has 30 heavy (non-hydrogen) atoms. The first kappa shape index (κ1) is 19.7. The van der Waals surface area contributed by atoms with E-state index in [0.29, 0.717) is 33.2 Å². The number of aromatic nitrogens is 1. The number of anilines is 1. The van der Waals surface area contributed by atoms with Gasteiger partial charge in [0.25, 0.3) is 5.91 Å². The van der Waals surface area contributed by atoms with Crippen LogP contribution < -0.4 is 15.6 Å². The van der Waals surface area contributed by atoms with E-state index in [1.54, 1.807) is 67.9 Å². The summed E-state index contributed by atoms with van der Waals surface area (Å²) < 4.78 is 11.1. The highest BCUT2D eigenvalue weighted by Crippen LogP contribution is 2.21. The molecule has 6 nitrogen and oxygen atoms in total. The van der Waals surface area contributed by atoms with E-state index in [2.05, 4.69) is 15.3 Å². The van der Waals surface area contributed by atoms with Gasteiger partial charge in [-0.2, -0.15) is 0 Å². The van der Waals surface area contributed by atoms with Crippen molar-refractivity contribution in [1.29, 1.82) is 0 Å². The number of carbonyl (C=O) groups excluding carboxylic acids is 1. The Hall–Kier alpha value is -3.64. The monoisotopic (exact) mass is 419 g/mol. The fourth-order valence-corrected chi connectivity index (χ4v) is 3.03. The van der Waals surface area contributed by atoms with Crippen molar-refractivity contribution in [2.45, 2.75) is 6.92 Å². The van der Waals surface area contributed by atoms with Crippen LogP contribution in [-0.2, 0) is 0 Å². The quantitative estimate of drug-likeness (QED) is 0.488. The van der Waals surface area contributed by atoms with Gasteiger partial charge in [-0.25, -0.2) is 9.98 Å². The van der Waals surface area contributed by atoms with E-state index < -0.39 is 0 Å². The van der Waals surface area contributed by atoms with E-state index in [0.717, 1.165) is 5.56 Å². The molecule has 0 aliphatic heterocycles. The molecule has 0 radical (unpaired) electrons. The third-order valence-electron chi connectivity index (χ3n) is 4.41. The maximum Gasteiger partial charge on any atom is 0.262 e. The number of carbonyl (C=O) groups is 1. The zero-order valence-corrected chi connectivity index (χ0v) is 17.1. The summed E-state index contributed by atoms with van der Waals surface area (Å²) in [6.07, 6.45) is 1.68. The third kappa shape index (κ3) is 4.34. The van der Waals surface area contributed by atoms with Crippen molar-refractivity contribution in [1.82, 2.24) is 4.98 Å². The second-order valence-corrected chi connectivity index (χ2v) is 7.07. The molecule has 2 aromatic carbocycles. The van der Waals surface area contributed by atoms with Crippen molar-refractivity contribution >= 4 is 40.0 Å². The lowest BCUT2D eigenvalue weighted by atomic mass is 10.1. The second-order valence-electron chi connectivity index (χ2n) is 6.63. The minimum Gasteiger partial charge on any atom is -0.497 e. The SMILES string of the molecule is COc1ccc(N=c2oc3ccc(Cl)cc3cc2C(=O)Nc2ccc(C)cn2)cc1. The van der Waals surface area contributed by atoms with Crippen LogP contribution in [0.2, 0.25) is 5.02 Å². The Bertz CT molecular complexity index is 1280. The number of halogens is 1. The largest absolute Gasteiger partial charge is 0.497 e. The molecule has 0 unspecified atom stereocenters. The van der Waals surface area contributed by atoms with Crippen LogP contribution in [0.15, 0.2) is 76.3 Å². The molecular formula is C23H18ClN3O3. The lowest BCUT2D eigenvalue weighted by Gasteiger charge is -2.07. The number of aryl methyl sites for hydroxylation is 1. The topological polar surface area (TPSA) is 76.7 Å². The van der Waals surface area contributed by atoms with Gasteiger partial charge in [0.2, 0.25) is 5.55 Å². The van der Waals surface area contributed by atoms with Crippen LogP contribution in [0.1, 0.15) is 15.9 Å². The number of rotatable bonds is 4. The van der Waals surface area contributed by atoms with Gasteiger partial charge in [-0.3, -0.25) is 4.79 Å². The zero-order valence-electron chi connectivity index (χ0n) is 16.3. The van der Waals surface area contributed by atoms with Gasteiger partial charge >= 0.3 is 0 Å². The highest BCUT2D eigenvalue weighted by Gasteiger charge is 2.14. The van der Waals surface area contributed by atoms with E-state index >= 15 is 0 Å². The van der Waals surface area contributed by atoms with Crippen molar-refractivity contribution in [3.05, 3.63) is 88.6 Å². The molecule has 0 aliphatic rings. The van der Waals surface area contributed by atoms with Crippen LogP contribution >= 0.6 is 11.6 Å². The molecule has 7 heteroatoms. The molecule has 0 atom stereocenters. The van der Waals surface area contributed by atoms with Crippen molar-refractivity contribution in [3.63, 3.8) is 0 Å². The van der Waals surface area contributed by atoms with Crippen molar-refractivity contribution in [3.8, 4) is 5.75 Å². The molecule has 0 spiro atoms. The summed E-state index contributed by atoms with van der Waals surface area (Å²) in [6.45, 7) is 1.93. The third-order valence-corrected chi connectivity index (χ3v) is 4.64. The normalized spacial score (nSPS) is 11.5. The first-order chi connectivity index (χ1) is 14.5. The van der Waals surface area contributed by atoms with E-state index in [1.165, 1.54) is 0 Å². The van der Waals surface area contributed by atoms with Crippen LogP contribution in [0.3, 0.4) is 0 Å². The molecular weight excluding hydrogens is 402 g/mol. The Morgan fingerprint density at radius 2 is 1.90 bits per heavy atom. The van der Waals surface area contributed by atoms with E-state index in [1.807, 2.05) is 13.0 Å². The Balaban J connectivity index is 1.82. The molecule has 0 aliphatic carbocycles. The maximum atomic E-state index is 13.0. The van der Waals surface area contributed by atoms with Gasteiger partial charge in [-0.1, -0.05) is 17.7 Å². The first-order valence-corrected chi connectivity index (χ1v) is 9.56. The van der Waals surface area contributed by atoms with Crippen LogP contribution in [0, 0.1) is 6.92 Å². The summed E-state index contributed by atoms with van der Waals surface area (Å²) in [4.78, 5) is 21.8. The maximum absolute atomic E-state index is 13.0. The Labute approximate surface area is 177 Å². The average Bonchev–Trinajstić information content (AvgIpc) is 2.75. The first-order valence-electron chi connectivity index (χ1n) is 9.18. The van der Waals surface area contributed by atoms with Crippen molar-refractivity contribution < 1.29 is 13.9 Å². The molecule has 1 N–H and O–H groups in total. The number of ether oxygens (including phenoxy) is 1. The molecule has 4 rings (SSSR count). The fourth-order valence-electron chi connectivity index (χ4n) is 2.85. The number of hydrogen-bond donors (Lipinski definition) is 1. The smallest absolute Gasteiger partial charge is 0.262 e. The van der Waals surface area contributed by atoms with Crippen LogP contribution in [0.4, 0.5) is 11.5 Å². The Morgan fingerprint density at radius 1 is 1.10 bits per heavy atom. The molecule has 2 aromatic heterocycles. The molecule has 2 heterocycles. The number of hydrogen-bond acceptors (Lipinski definition) is 5. The fraction of sp³-hybridized carbons (Fsp3) is 0.0870. The molecule has 1 amide bonds. The summed E-state index contributed by atoms with van der Waals surface area (Å²) in [5, 5.41) is 4.02. The lowest BCUT2D eigenvalue weighted by molar-refractivity contribution is 0.102. The minimum atomic E-state index is -0.385. The van der Waals surface area contributed by atoms with Gasteiger partial charge in [0, 0.05) is 16.6 Å². The number of nitrogens with one attached hydrogen (secondary N) is 1. The summed E-state index contributed by atoms with van der Waals surface area (Å²) >= 11 is 6.11. The number of methoxy groups -OCH3 is 1. The standard InChI is InChI=1S/C23H18ClN3O3/c1-14-3-10-21(25-13-14)27-22(28)19-12-15-11-16(24)4-9-20(15)30-23(19)26-17-5-7-18(29-2)8-6-17/h3-13H,1-2H3,(H,25,27,28). The average molecular weight is 420 g/mol. The molecule has 4 aromatic rings. The predicted octanol–water partition coefficient (Wildman–Crippen LogP) is 5.28. The van der Waals surface area contributed by atoms with Gasteiger partial charge in [0.05, 0.1) is 12.8 Å². The summed E-state index contributed by atoms with van der Waals surface area (Å²) in [5.41, 5.74) is 2.63.